The molecule has 1 amide bonds. The number of nitrogens with one attached hydrogen (secondary N) is 4. The third kappa shape index (κ3) is 5.55. The number of alkyl halides is 3. The van der Waals surface area contributed by atoms with Crippen LogP contribution in [0, 0.1) is 0 Å². The Kier molecular flexibility index (Phi) is 6.68. The summed E-state index contributed by atoms with van der Waals surface area (Å²) in [7, 11) is 0. The van der Waals surface area contributed by atoms with Gasteiger partial charge in [0.1, 0.15) is 0 Å². The zero-order chi connectivity index (χ0) is 23.4. The third-order valence-electron chi connectivity index (χ3n) is 5.06. The van der Waals surface area contributed by atoms with Crippen LogP contribution in [-0.2, 0) is 21.7 Å². The first-order chi connectivity index (χ1) is 15.1. The number of fused-ring (bicyclic) bond motifs is 1. The molecule has 170 valence electrons. The summed E-state index contributed by atoms with van der Waals surface area (Å²) in [6.45, 7) is 1.32. The Labute approximate surface area is 179 Å². The number of carboxylic acid groups (broad SMARTS) is 1. The van der Waals surface area contributed by atoms with E-state index in [2.05, 4.69) is 32.7 Å². The molecule has 1 aliphatic rings. The van der Waals surface area contributed by atoms with Crippen molar-refractivity contribution >= 4 is 22.9 Å². The van der Waals surface area contributed by atoms with Gasteiger partial charge in [-0.2, -0.15) is 13.2 Å². The molecule has 1 unspecified atom stereocenters. The molecular weight excluding hydrogens is 429 g/mol. The summed E-state index contributed by atoms with van der Waals surface area (Å²) in [5.41, 5.74) is 3.25. The topological polar surface area (TPSA) is 127 Å². The van der Waals surface area contributed by atoms with E-state index >= 15 is 0 Å². The van der Waals surface area contributed by atoms with Crippen molar-refractivity contribution in [3.05, 3.63) is 70.1 Å². The number of carboxylic acids is 1. The molecular formula is C21H21F3N4O4. The number of amides is 1. The largest absolute Gasteiger partial charge is 0.490 e. The Hall–Kier alpha value is -3.60. The minimum Gasteiger partial charge on any atom is -0.475 e. The van der Waals surface area contributed by atoms with Gasteiger partial charge in [0.05, 0.1) is 16.6 Å². The molecule has 0 radical (unpaired) electrons. The van der Waals surface area contributed by atoms with Crippen molar-refractivity contribution in [3.8, 4) is 0 Å². The van der Waals surface area contributed by atoms with E-state index in [-0.39, 0.29) is 17.1 Å². The van der Waals surface area contributed by atoms with E-state index in [1.807, 2.05) is 36.4 Å². The van der Waals surface area contributed by atoms with Crippen molar-refractivity contribution in [2.75, 3.05) is 6.54 Å². The van der Waals surface area contributed by atoms with Crippen LogP contribution >= 0.6 is 0 Å². The van der Waals surface area contributed by atoms with Crippen LogP contribution in [-0.4, -0.2) is 39.7 Å². The normalized spacial score (nSPS) is 18.2. The maximum Gasteiger partial charge on any atom is 0.490 e. The lowest BCUT2D eigenvalue weighted by atomic mass is 9.88. The number of aromatic nitrogens is 2. The molecule has 1 aromatic heterocycles. The molecule has 1 aliphatic heterocycles. The third-order valence-corrected chi connectivity index (χ3v) is 5.06. The number of hydrogen-bond acceptors (Lipinski definition) is 4. The fourth-order valence-corrected chi connectivity index (χ4v) is 3.54. The first-order valence-corrected chi connectivity index (χ1v) is 9.67. The summed E-state index contributed by atoms with van der Waals surface area (Å²) in [4.78, 5) is 37.6. The van der Waals surface area contributed by atoms with E-state index in [4.69, 9.17) is 9.90 Å². The molecule has 5 N–H and O–H groups in total. The zero-order valence-electron chi connectivity index (χ0n) is 16.8. The molecule has 0 spiro atoms. The van der Waals surface area contributed by atoms with Crippen LogP contribution in [0.25, 0.3) is 11.0 Å². The van der Waals surface area contributed by atoms with Crippen LogP contribution in [0.2, 0.25) is 0 Å². The molecule has 32 heavy (non-hydrogen) atoms. The number of rotatable bonds is 5. The van der Waals surface area contributed by atoms with Gasteiger partial charge in [-0.1, -0.05) is 36.4 Å². The summed E-state index contributed by atoms with van der Waals surface area (Å²) in [5.74, 6) is -2.66. The van der Waals surface area contributed by atoms with Gasteiger partial charge in [0.2, 0.25) is 5.91 Å². The van der Waals surface area contributed by atoms with E-state index in [9.17, 15) is 22.8 Å². The van der Waals surface area contributed by atoms with Crippen LogP contribution in [0.1, 0.15) is 24.0 Å². The van der Waals surface area contributed by atoms with Crippen LogP contribution in [0.3, 0.4) is 0 Å². The SMILES string of the molecule is O=C(O)C(F)(F)F.O=C1CCC(CNCc2ccc3[nH]c(=O)[nH]c3c2)(c2ccccc2)N1. The first-order valence-electron chi connectivity index (χ1n) is 9.67. The highest BCUT2D eigenvalue weighted by molar-refractivity contribution is 5.80. The Morgan fingerprint density at radius 3 is 2.31 bits per heavy atom. The molecule has 1 saturated heterocycles. The summed E-state index contributed by atoms with van der Waals surface area (Å²) in [6, 6.07) is 15.9. The Balaban J connectivity index is 0.000000360. The lowest BCUT2D eigenvalue weighted by molar-refractivity contribution is -0.192. The van der Waals surface area contributed by atoms with Crippen molar-refractivity contribution in [2.24, 2.45) is 0 Å². The predicted octanol–water partition coefficient (Wildman–Crippen LogP) is 2.38. The molecule has 8 nitrogen and oxygen atoms in total. The van der Waals surface area contributed by atoms with Crippen molar-refractivity contribution in [1.29, 1.82) is 0 Å². The highest BCUT2D eigenvalue weighted by Gasteiger charge is 2.39. The van der Waals surface area contributed by atoms with Crippen LogP contribution in [0.5, 0.6) is 0 Å². The molecule has 1 fully saturated rings. The van der Waals surface area contributed by atoms with Gasteiger partial charge in [-0.05, 0) is 29.7 Å². The number of hydrogen-bond donors (Lipinski definition) is 5. The number of carbonyl (C=O) groups excluding carboxylic acids is 1. The molecule has 0 saturated carbocycles. The van der Waals surface area contributed by atoms with Crippen molar-refractivity contribution in [1.82, 2.24) is 20.6 Å². The van der Waals surface area contributed by atoms with E-state index in [0.29, 0.717) is 19.5 Å². The van der Waals surface area contributed by atoms with E-state index in [0.717, 1.165) is 28.6 Å². The maximum absolute atomic E-state index is 11.8. The predicted molar refractivity (Wildman–Crippen MR) is 110 cm³/mol. The molecule has 0 bridgehead atoms. The number of carbonyl (C=O) groups is 2. The van der Waals surface area contributed by atoms with Crippen LogP contribution in [0.4, 0.5) is 13.2 Å². The average Bonchev–Trinajstić information content (AvgIpc) is 3.30. The number of benzene rings is 2. The summed E-state index contributed by atoms with van der Waals surface area (Å²) in [6.07, 6.45) is -3.75. The van der Waals surface area contributed by atoms with Gasteiger partial charge >= 0.3 is 17.8 Å². The van der Waals surface area contributed by atoms with Crippen LogP contribution in [0.15, 0.2) is 53.3 Å². The highest BCUT2D eigenvalue weighted by Crippen LogP contribution is 2.30. The average molecular weight is 450 g/mol. The number of imidazole rings is 1. The number of aliphatic carboxylic acids is 1. The van der Waals surface area contributed by atoms with Crippen molar-refractivity contribution in [2.45, 2.75) is 31.1 Å². The van der Waals surface area contributed by atoms with E-state index < -0.39 is 12.1 Å². The van der Waals surface area contributed by atoms with Gasteiger partial charge in [0, 0.05) is 19.5 Å². The first kappa shape index (κ1) is 23.1. The number of halogens is 3. The highest BCUT2D eigenvalue weighted by atomic mass is 19.4. The zero-order valence-corrected chi connectivity index (χ0v) is 16.8. The Bertz CT molecular complexity index is 1160. The molecule has 11 heteroatoms. The summed E-state index contributed by atoms with van der Waals surface area (Å²) < 4.78 is 31.7. The van der Waals surface area contributed by atoms with Gasteiger partial charge in [-0.15, -0.1) is 0 Å². The Morgan fingerprint density at radius 1 is 1.06 bits per heavy atom. The van der Waals surface area contributed by atoms with E-state index in [1.165, 1.54) is 0 Å². The second kappa shape index (κ2) is 9.27. The molecule has 0 aliphatic carbocycles. The quantitative estimate of drug-likeness (QED) is 0.408. The maximum atomic E-state index is 11.8. The lowest BCUT2D eigenvalue weighted by Crippen LogP contribution is -2.46. The standard InChI is InChI=1S/C19H20N4O2.C2HF3O2/c24-17-8-9-19(23-17,14-4-2-1-3-5-14)12-20-11-13-6-7-15-16(10-13)22-18(25)21-15;3-2(4,5)1(6)7/h1-7,10,20H,8-9,11-12H2,(H,23,24)(H2,21,22,25);(H,6,7). The molecule has 1 atom stereocenters. The molecule has 2 aromatic carbocycles. The fraction of sp³-hybridized carbons (Fsp3) is 0.286. The number of aromatic amines is 2. The van der Waals surface area contributed by atoms with Gasteiger partial charge in [-0.3, -0.25) is 4.79 Å². The number of H-pyrrole nitrogens is 2. The fourth-order valence-electron chi connectivity index (χ4n) is 3.54. The molecule has 2 heterocycles. The second-order valence-electron chi connectivity index (χ2n) is 7.36. The monoisotopic (exact) mass is 450 g/mol. The minimum absolute atomic E-state index is 0.0944. The van der Waals surface area contributed by atoms with Gasteiger partial charge < -0.3 is 25.7 Å². The smallest absolute Gasteiger partial charge is 0.475 e. The van der Waals surface area contributed by atoms with Crippen molar-refractivity contribution < 1.29 is 27.9 Å². The summed E-state index contributed by atoms with van der Waals surface area (Å²) >= 11 is 0. The van der Waals surface area contributed by atoms with E-state index in [1.54, 1.807) is 0 Å². The van der Waals surface area contributed by atoms with Gasteiger partial charge in [0.15, 0.2) is 0 Å². The van der Waals surface area contributed by atoms with Gasteiger partial charge in [-0.25, -0.2) is 9.59 Å². The lowest BCUT2D eigenvalue weighted by Gasteiger charge is -2.30. The summed E-state index contributed by atoms with van der Waals surface area (Å²) in [5, 5.41) is 13.7. The second-order valence-corrected chi connectivity index (χ2v) is 7.36. The molecule has 4 rings (SSSR count). The van der Waals surface area contributed by atoms with Crippen LogP contribution < -0.4 is 16.3 Å². The van der Waals surface area contributed by atoms with Crippen molar-refractivity contribution in [3.63, 3.8) is 0 Å². The Morgan fingerprint density at radius 2 is 1.72 bits per heavy atom. The van der Waals surface area contributed by atoms with Gasteiger partial charge in [0.25, 0.3) is 0 Å². The molecule has 3 aromatic rings. The minimum atomic E-state index is -5.08.